The predicted molar refractivity (Wildman–Crippen MR) is 102 cm³/mol. The first-order chi connectivity index (χ1) is 11.7. The summed E-state index contributed by atoms with van der Waals surface area (Å²) in [5, 5.41) is 3.45. The highest BCUT2D eigenvalue weighted by Gasteiger charge is 2.27. The first-order valence-electron chi connectivity index (χ1n) is 8.36. The summed E-state index contributed by atoms with van der Waals surface area (Å²) < 4.78 is 6.04. The molecule has 1 fully saturated rings. The Morgan fingerprint density at radius 3 is 2.80 bits per heavy atom. The highest BCUT2D eigenvalue weighted by Crippen LogP contribution is 2.27. The zero-order valence-electron chi connectivity index (χ0n) is 14.8. The van der Waals surface area contributed by atoms with Crippen LogP contribution < -0.4 is 5.32 Å². The molecular weight excluding hydrogens is 408 g/mol. The molecule has 7 heteroatoms. The number of halogens is 2. The topological polar surface area (TPSA) is 58.6 Å². The molecule has 1 saturated heterocycles. The van der Waals surface area contributed by atoms with Crippen molar-refractivity contribution in [1.82, 2.24) is 10.2 Å². The van der Waals surface area contributed by atoms with E-state index in [1.807, 2.05) is 32.9 Å². The fourth-order valence-electron chi connectivity index (χ4n) is 2.76. The molecule has 0 aliphatic carbocycles. The highest BCUT2D eigenvalue weighted by atomic mass is 79.9. The van der Waals surface area contributed by atoms with Crippen molar-refractivity contribution in [3.63, 3.8) is 0 Å². The number of alkyl carbamates (subject to hydrolysis) is 1. The number of rotatable bonds is 3. The number of nitrogens with zero attached hydrogens (tertiary/aromatic N) is 1. The van der Waals surface area contributed by atoms with E-state index in [4.69, 9.17) is 16.3 Å². The van der Waals surface area contributed by atoms with Gasteiger partial charge in [-0.3, -0.25) is 4.79 Å². The van der Waals surface area contributed by atoms with Crippen molar-refractivity contribution in [2.24, 2.45) is 0 Å². The van der Waals surface area contributed by atoms with E-state index in [-0.39, 0.29) is 18.4 Å². The minimum atomic E-state index is -0.535. The van der Waals surface area contributed by atoms with Crippen LogP contribution in [0.4, 0.5) is 4.79 Å². The van der Waals surface area contributed by atoms with Gasteiger partial charge in [0, 0.05) is 23.6 Å². The molecule has 2 rings (SSSR count). The van der Waals surface area contributed by atoms with Gasteiger partial charge in [0.2, 0.25) is 5.91 Å². The Morgan fingerprint density at radius 1 is 1.40 bits per heavy atom. The van der Waals surface area contributed by atoms with Crippen LogP contribution in [0.3, 0.4) is 0 Å². The molecule has 0 bridgehead atoms. The van der Waals surface area contributed by atoms with Gasteiger partial charge in [-0.2, -0.15) is 0 Å². The molecule has 1 aliphatic rings. The standard InChI is InChI=1S/C18H24BrClN2O3/c1-18(2,3)25-17(24)21-13-7-5-9-22(11-13)15(23)10-12-6-4-8-14(20)16(12)19/h4,6,8,13H,5,7,9-11H2,1-3H3,(H,21,24)/t13-/m1/s1. The molecule has 1 heterocycles. The molecule has 1 aromatic carbocycles. The fourth-order valence-corrected chi connectivity index (χ4v) is 3.35. The van der Waals surface area contributed by atoms with Crippen LogP contribution in [0.1, 0.15) is 39.2 Å². The smallest absolute Gasteiger partial charge is 0.407 e. The van der Waals surface area contributed by atoms with Crippen LogP contribution in [0.2, 0.25) is 5.02 Å². The van der Waals surface area contributed by atoms with E-state index in [9.17, 15) is 9.59 Å². The number of hydrogen-bond donors (Lipinski definition) is 1. The Labute approximate surface area is 162 Å². The molecule has 5 nitrogen and oxygen atoms in total. The molecule has 1 N–H and O–H groups in total. The van der Waals surface area contributed by atoms with Gasteiger partial charge in [-0.25, -0.2) is 4.79 Å². The van der Waals surface area contributed by atoms with Crippen molar-refractivity contribution in [2.45, 2.75) is 51.7 Å². The first kappa shape index (κ1) is 20.0. The van der Waals surface area contributed by atoms with E-state index in [0.717, 1.165) is 22.9 Å². The molecule has 0 aromatic heterocycles. The van der Waals surface area contributed by atoms with Crippen LogP contribution in [-0.2, 0) is 16.0 Å². The zero-order valence-corrected chi connectivity index (χ0v) is 17.1. The molecule has 2 amide bonds. The van der Waals surface area contributed by atoms with E-state index in [0.29, 0.717) is 18.1 Å². The summed E-state index contributed by atoms with van der Waals surface area (Å²) >= 11 is 9.51. The molecule has 1 aromatic rings. The number of amides is 2. The summed E-state index contributed by atoms with van der Waals surface area (Å²) in [5.74, 6) is 0.0265. The molecule has 1 aliphatic heterocycles. The Bertz CT molecular complexity index is 646. The molecule has 0 radical (unpaired) electrons. The van der Waals surface area contributed by atoms with Gasteiger partial charge >= 0.3 is 6.09 Å². The minimum Gasteiger partial charge on any atom is -0.444 e. The minimum absolute atomic E-state index is 0.0265. The Hall–Kier alpha value is -1.27. The lowest BCUT2D eigenvalue weighted by Gasteiger charge is -2.33. The number of ether oxygens (including phenoxy) is 1. The van der Waals surface area contributed by atoms with Gasteiger partial charge in [0.1, 0.15) is 5.60 Å². The third-order valence-corrected chi connectivity index (χ3v) is 5.35. The number of benzene rings is 1. The molecule has 25 heavy (non-hydrogen) atoms. The molecule has 0 unspecified atom stereocenters. The van der Waals surface area contributed by atoms with Gasteiger partial charge < -0.3 is 15.0 Å². The SMILES string of the molecule is CC(C)(C)OC(=O)N[C@@H]1CCCN(C(=O)Cc2cccc(Cl)c2Br)C1. The fraction of sp³-hybridized carbons (Fsp3) is 0.556. The number of carbonyl (C=O) groups excluding carboxylic acids is 2. The van der Waals surface area contributed by atoms with Gasteiger partial charge in [-0.05, 0) is 61.2 Å². The van der Waals surface area contributed by atoms with Crippen LogP contribution >= 0.6 is 27.5 Å². The third kappa shape index (κ3) is 6.19. The van der Waals surface area contributed by atoms with Crippen molar-refractivity contribution >= 4 is 39.5 Å². The van der Waals surface area contributed by atoms with Crippen molar-refractivity contribution < 1.29 is 14.3 Å². The number of likely N-dealkylation sites (tertiary alicyclic amines) is 1. The molecule has 1 atom stereocenters. The van der Waals surface area contributed by atoms with E-state index < -0.39 is 11.7 Å². The third-order valence-electron chi connectivity index (χ3n) is 3.87. The van der Waals surface area contributed by atoms with Gasteiger partial charge in [-0.1, -0.05) is 23.7 Å². The van der Waals surface area contributed by atoms with Crippen molar-refractivity contribution in [1.29, 1.82) is 0 Å². The average Bonchev–Trinajstić information content (AvgIpc) is 2.50. The normalized spacial score (nSPS) is 18.0. The van der Waals surface area contributed by atoms with E-state index >= 15 is 0 Å². The number of carbonyl (C=O) groups is 2. The van der Waals surface area contributed by atoms with Crippen LogP contribution in [0.15, 0.2) is 22.7 Å². The van der Waals surface area contributed by atoms with Crippen LogP contribution in [0.5, 0.6) is 0 Å². The van der Waals surface area contributed by atoms with Gasteiger partial charge in [0.15, 0.2) is 0 Å². The van der Waals surface area contributed by atoms with Crippen LogP contribution in [0, 0.1) is 0 Å². The van der Waals surface area contributed by atoms with Crippen LogP contribution in [-0.4, -0.2) is 41.6 Å². The van der Waals surface area contributed by atoms with Gasteiger partial charge in [-0.15, -0.1) is 0 Å². The molecule has 138 valence electrons. The lowest BCUT2D eigenvalue weighted by Crippen LogP contribution is -2.50. The van der Waals surface area contributed by atoms with Gasteiger partial charge in [0.25, 0.3) is 0 Å². The summed E-state index contributed by atoms with van der Waals surface area (Å²) in [4.78, 5) is 26.3. The lowest BCUT2D eigenvalue weighted by molar-refractivity contribution is -0.131. The number of piperidine rings is 1. The van der Waals surface area contributed by atoms with E-state index in [1.54, 1.807) is 11.0 Å². The van der Waals surface area contributed by atoms with Gasteiger partial charge in [0.05, 0.1) is 11.4 Å². The summed E-state index contributed by atoms with van der Waals surface area (Å²) in [6, 6.07) is 5.41. The molecular formula is C18H24BrClN2O3. The monoisotopic (exact) mass is 430 g/mol. The Kier molecular flexibility index (Phi) is 6.74. The summed E-state index contributed by atoms with van der Waals surface area (Å²) in [6.45, 7) is 6.67. The lowest BCUT2D eigenvalue weighted by atomic mass is 10.0. The first-order valence-corrected chi connectivity index (χ1v) is 9.53. The number of nitrogens with one attached hydrogen (secondary N) is 1. The summed E-state index contributed by atoms with van der Waals surface area (Å²) in [6.07, 6.45) is 1.52. The quantitative estimate of drug-likeness (QED) is 0.782. The van der Waals surface area contributed by atoms with E-state index in [2.05, 4.69) is 21.2 Å². The Morgan fingerprint density at radius 2 is 2.12 bits per heavy atom. The van der Waals surface area contributed by atoms with Crippen molar-refractivity contribution in [2.75, 3.05) is 13.1 Å². The Balaban J connectivity index is 1.93. The van der Waals surface area contributed by atoms with Crippen molar-refractivity contribution in [3.8, 4) is 0 Å². The zero-order chi connectivity index (χ0) is 18.6. The second-order valence-electron chi connectivity index (χ2n) is 7.21. The van der Waals surface area contributed by atoms with E-state index in [1.165, 1.54) is 0 Å². The maximum absolute atomic E-state index is 12.6. The number of hydrogen-bond acceptors (Lipinski definition) is 3. The largest absolute Gasteiger partial charge is 0.444 e. The molecule has 0 saturated carbocycles. The summed E-state index contributed by atoms with van der Waals surface area (Å²) in [7, 11) is 0. The second kappa shape index (κ2) is 8.41. The summed E-state index contributed by atoms with van der Waals surface area (Å²) in [5.41, 5.74) is 0.326. The van der Waals surface area contributed by atoms with Crippen molar-refractivity contribution in [3.05, 3.63) is 33.3 Å². The average molecular weight is 432 g/mol. The maximum Gasteiger partial charge on any atom is 0.407 e. The van der Waals surface area contributed by atoms with Crippen LogP contribution in [0.25, 0.3) is 0 Å². The highest BCUT2D eigenvalue weighted by molar-refractivity contribution is 9.10. The second-order valence-corrected chi connectivity index (χ2v) is 8.42. The predicted octanol–water partition coefficient (Wildman–Crippen LogP) is 4.16. The maximum atomic E-state index is 12.6. The molecule has 0 spiro atoms.